The van der Waals surface area contributed by atoms with Gasteiger partial charge in [0.05, 0.1) is 0 Å². The quantitative estimate of drug-likeness (QED) is 0.606. The summed E-state index contributed by atoms with van der Waals surface area (Å²) in [5, 5.41) is 13.3. The molecule has 0 aliphatic heterocycles. The van der Waals surface area contributed by atoms with Gasteiger partial charge in [0, 0.05) is 18.9 Å². The molecule has 0 heterocycles. The lowest BCUT2D eigenvalue weighted by Gasteiger charge is -2.26. The highest BCUT2D eigenvalue weighted by molar-refractivity contribution is 5.94. The third kappa shape index (κ3) is 5.89. The number of carboxylic acid groups (broad SMARTS) is 1. The van der Waals surface area contributed by atoms with E-state index in [4.69, 9.17) is 5.11 Å². The van der Waals surface area contributed by atoms with Crippen LogP contribution in [0.25, 0.3) is 0 Å². The minimum absolute atomic E-state index is 0.0571. The van der Waals surface area contributed by atoms with Crippen LogP contribution in [0.2, 0.25) is 0 Å². The highest BCUT2D eigenvalue weighted by Crippen LogP contribution is 2.17. The van der Waals surface area contributed by atoms with Crippen LogP contribution in [-0.2, 0) is 9.59 Å². The van der Waals surface area contributed by atoms with Crippen molar-refractivity contribution in [2.75, 3.05) is 0 Å². The monoisotopic (exact) mass is 242 g/mol. The number of imide groups is 1. The van der Waals surface area contributed by atoms with Crippen LogP contribution in [0.5, 0.6) is 0 Å². The van der Waals surface area contributed by atoms with Gasteiger partial charge in [0.15, 0.2) is 0 Å². The molecule has 3 amide bonds. The predicted molar refractivity (Wildman–Crippen MR) is 60.4 cm³/mol. The third-order valence-corrected chi connectivity index (χ3v) is 2.74. The van der Waals surface area contributed by atoms with Gasteiger partial charge in [-0.15, -0.1) is 0 Å². The molecule has 1 fully saturated rings. The molecule has 17 heavy (non-hydrogen) atoms. The molecule has 1 aliphatic carbocycles. The molecule has 1 rings (SSSR count). The standard InChI is InChI=1S/C11H18N2O4/c14-9(6-1-2-7-10(15)16)13-11(17)12-8-4-3-5-8/h8H,1-7H2,(H,15,16)(H2,12,13,14,17). The number of hydrogen-bond acceptors (Lipinski definition) is 3. The predicted octanol–water partition coefficient (Wildman–Crippen LogP) is 1.01. The van der Waals surface area contributed by atoms with Crippen LogP contribution in [0, 0.1) is 0 Å². The summed E-state index contributed by atoms with van der Waals surface area (Å²) in [6, 6.07) is -0.243. The summed E-state index contributed by atoms with van der Waals surface area (Å²) in [4.78, 5) is 32.7. The Bertz CT molecular complexity index is 300. The zero-order valence-corrected chi connectivity index (χ0v) is 9.70. The van der Waals surface area contributed by atoms with Crippen molar-refractivity contribution in [2.24, 2.45) is 0 Å². The summed E-state index contributed by atoms with van der Waals surface area (Å²) >= 11 is 0. The van der Waals surface area contributed by atoms with E-state index in [1.54, 1.807) is 0 Å². The molecule has 96 valence electrons. The van der Waals surface area contributed by atoms with Crippen LogP contribution < -0.4 is 10.6 Å². The molecule has 0 spiro atoms. The van der Waals surface area contributed by atoms with E-state index in [2.05, 4.69) is 10.6 Å². The van der Waals surface area contributed by atoms with Gasteiger partial charge in [-0.3, -0.25) is 14.9 Å². The molecular formula is C11H18N2O4. The number of hydrogen-bond donors (Lipinski definition) is 3. The van der Waals surface area contributed by atoms with Crippen LogP contribution in [0.3, 0.4) is 0 Å². The van der Waals surface area contributed by atoms with Gasteiger partial charge in [-0.25, -0.2) is 4.79 Å². The van der Waals surface area contributed by atoms with E-state index in [1.165, 1.54) is 0 Å². The van der Waals surface area contributed by atoms with Gasteiger partial charge in [0.2, 0.25) is 5.91 Å². The fraction of sp³-hybridized carbons (Fsp3) is 0.727. The minimum atomic E-state index is -0.867. The average molecular weight is 242 g/mol. The highest BCUT2D eigenvalue weighted by Gasteiger charge is 2.19. The van der Waals surface area contributed by atoms with Crippen LogP contribution in [0.1, 0.15) is 44.9 Å². The second kappa shape index (κ2) is 6.88. The number of carboxylic acids is 1. The van der Waals surface area contributed by atoms with Gasteiger partial charge in [-0.05, 0) is 32.1 Å². The van der Waals surface area contributed by atoms with E-state index in [-0.39, 0.29) is 24.8 Å². The second-order valence-corrected chi connectivity index (χ2v) is 4.25. The van der Waals surface area contributed by atoms with Crippen LogP contribution in [0.4, 0.5) is 4.79 Å². The van der Waals surface area contributed by atoms with Crippen molar-refractivity contribution in [3.05, 3.63) is 0 Å². The Morgan fingerprint density at radius 3 is 2.29 bits per heavy atom. The second-order valence-electron chi connectivity index (χ2n) is 4.25. The molecule has 0 bridgehead atoms. The van der Waals surface area contributed by atoms with Crippen LogP contribution >= 0.6 is 0 Å². The van der Waals surface area contributed by atoms with Crippen molar-refractivity contribution in [1.82, 2.24) is 10.6 Å². The fourth-order valence-electron chi connectivity index (χ4n) is 1.52. The molecule has 0 radical (unpaired) electrons. The first kappa shape index (κ1) is 13.5. The lowest BCUT2D eigenvalue weighted by molar-refractivity contribution is -0.137. The Labute approximate surface area is 99.8 Å². The van der Waals surface area contributed by atoms with Crippen molar-refractivity contribution in [3.63, 3.8) is 0 Å². The smallest absolute Gasteiger partial charge is 0.321 e. The van der Waals surface area contributed by atoms with Crippen LogP contribution in [-0.4, -0.2) is 29.1 Å². The third-order valence-electron chi connectivity index (χ3n) is 2.74. The summed E-state index contributed by atoms with van der Waals surface area (Å²) in [7, 11) is 0. The first-order valence-electron chi connectivity index (χ1n) is 5.90. The first-order valence-corrected chi connectivity index (χ1v) is 5.90. The number of carbonyl (C=O) groups excluding carboxylic acids is 2. The van der Waals surface area contributed by atoms with Crippen molar-refractivity contribution >= 4 is 17.9 Å². The van der Waals surface area contributed by atoms with E-state index in [0.29, 0.717) is 12.8 Å². The fourth-order valence-corrected chi connectivity index (χ4v) is 1.52. The topological polar surface area (TPSA) is 95.5 Å². The summed E-state index contributed by atoms with van der Waals surface area (Å²) in [6.45, 7) is 0. The number of rotatable bonds is 6. The van der Waals surface area contributed by atoms with Crippen molar-refractivity contribution < 1.29 is 19.5 Å². The number of nitrogens with one attached hydrogen (secondary N) is 2. The average Bonchev–Trinajstić information content (AvgIpc) is 2.18. The molecule has 1 aliphatic rings. The maximum Gasteiger partial charge on any atom is 0.321 e. The number of unbranched alkanes of at least 4 members (excludes halogenated alkanes) is 1. The molecule has 0 aromatic rings. The lowest BCUT2D eigenvalue weighted by atomic mass is 9.93. The zero-order valence-electron chi connectivity index (χ0n) is 9.70. The Balaban J connectivity index is 2.03. The van der Waals surface area contributed by atoms with E-state index >= 15 is 0 Å². The molecule has 3 N–H and O–H groups in total. The van der Waals surface area contributed by atoms with Crippen LogP contribution in [0.15, 0.2) is 0 Å². The number of amides is 3. The van der Waals surface area contributed by atoms with Crippen molar-refractivity contribution in [3.8, 4) is 0 Å². The minimum Gasteiger partial charge on any atom is -0.481 e. The molecule has 0 unspecified atom stereocenters. The Morgan fingerprint density at radius 1 is 1.12 bits per heavy atom. The molecule has 6 nitrogen and oxygen atoms in total. The normalized spacial score (nSPS) is 14.8. The molecule has 0 atom stereocenters. The molecule has 0 saturated heterocycles. The highest BCUT2D eigenvalue weighted by atomic mass is 16.4. The van der Waals surface area contributed by atoms with Gasteiger partial charge < -0.3 is 10.4 Å². The van der Waals surface area contributed by atoms with Crippen molar-refractivity contribution in [1.29, 1.82) is 0 Å². The zero-order chi connectivity index (χ0) is 12.7. The Kier molecular flexibility index (Phi) is 5.45. The Morgan fingerprint density at radius 2 is 1.76 bits per heavy atom. The number of urea groups is 1. The maximum atomic E-state index is 11.3. The van der Waals surface area contributed by atoms with Gasteiger partial charge in [-0.2, -0.15) is 0 Å². The van der Waals surface area contributed by atoms with E-state index in [0.717, 1.165) is 19.3 Å². The Hall–Kier alpha value is -1.59. The van der Waals surface area contributed by atoms with Gasteiger partial charge in [0.25, 0.3) is 0 Å². The van der Waals surface area contributed by atoms with Gasteiger partial charge in [0.1, 0.15) is 0 Å². The molecule has 0 aromatic carbocycles. The molecular weight excluding hydrogens is 224 g/mol. The summed E-state index contributed by atoms with van der Waals surface area (Å²) in [5.74, 6) is -1.22. The summed E-state index contributed by atoms with van der Waals surface area (Å²) in [6.07, 6.45) is 4.24. The molecule has 6 heteroatoms. The largest absolute Gasteiger partial charge is 0.481 e. The van der Waals surface area contributed by atoms with Gasteiger partial charge >= 0.3 is 12.0 Å². The summed E-state index contributed by atoms with van der Waals surface area (Å²) < 4.78 is 0. The SMILES string of the molecule is O=C(O)CCCCC(=O)NC(=O)NC1CCC1. The maximum absolute atomic E-state index is 11.3. The molecule has 1 saturated carbocycles. The lowest BCUT2D eigenvalue weighted by Crippen LogP contribution is -2.47. The van der Waals surface area contributed by atoms with Gasteiger partial charge in [-0.1, -0.05) is 0 Å². The number of carbonyl (C=O) groups is 3. The number of aliphatic carboxylic acids is 1. The molecule has 0 aromatic heterocycles. The summed E-state index contributed by atoms with van der Waals surface area (Å²) in [5.41, 5.74) is 0. The first-order chi connectivity index (χ1) is 8.08. The van der Waals surface area contributed by atoms with E-state index in [1.807, 2.05) is 0 Å². The van der Waals surface area contributed by atoms with E-state index in [9.17, 15) is 14.4 Å². The van der Waals surface area contributed by atoms with Crippen molar-refractivity contribution in [2.45, 2.75) is 51.0 Å². The van der Waals surface area contributed by atoms with E-state index < -0.39 is 12.0 Å².